The molecule has 5 heteroatoms. The predicted molar refractivity (Wildman–Crippen MR) is 87.7 cm³/mol. The van der Waals surface area contributed by atoms with Gasteiger partial charge in [-0.15, -0.1) is 0 Å². The van der Waals surface area contributed by atoms with Crippen LogP contribution in [0.25, 0.3) is 0 Å². The molecule has 3 rings (SSSR count). The number of nitrogens with zero attached hydrogens (tertiary/aromatic N) is 2. The smallest absolute Gasteiger partial charge is 0.232 e. The summed E-state index contributed by atoms with van der Waals surface area (Å²) >= 11 is 9.49. The molecule has 1 aliphatic rings. The van der Waals surface area contributed by atoms with Crippen LogP contribution in [0.2, 0.25) is 5.02 Å². The lowest BCUT2D eigenvalue weighted by molar-refractivity contribution is 0.191. The highest BCUT2D eigenvalue weighted by molar-refractivity contribution is 9.10. The number of halogens is 2. The van der Waals surface area contributed by atoms with Gasteiger partial charge in [-0.25, -0.2) is 4.98 Å². The molecule has 0 N–H and O–H groups in total. The molecule has 1 unspecified atom stereocenters. The van der Waals surface area contributed by atoms with Crippen LogP contribution in [-0.4, -0.2) is 29.1 Å². The minimum Gasteiger partial charge on any atom is -0.472 e. The van der Waals surface area contributed by atoms with Gasteiger partial charge in [0.15, 0.2) is 0 Å². The molecule has 0 aliphatic carbocycles. The number of hydrogen-bond donors (Lipinski definition) is 0. The molecule has 1 aliphatic heterocycles. The van der Waals surface area contributed by atoms with E-state index in [1.54, 1.807) is 12.3 Å². The number of hydrogen-bond acceptors (Lipinski definition) is 3. The van der Waals surface area contributed by atoms with E-state index < -0.39 is 0 Å². The first kappa shape index (κ1) is 14.8. The number of ether oxygens (including phenoxy) is 1. The fraction of sp³-hybridized carbons (Fsp3) is 0.312. The minimum absolute atomic E-state index is 0.153. The van der Waals surface area contributed by atoms with E-state index >= 15 is 0 Å². The second-order valence-electron chi connectivity index (χ2n) is 5.19. The summed E-state index contributed by atoms with van der Waals surface area (Å²) in [5, 5.41) is 0.547. The third kappa shape index (κ3) is 3.96. The molecule has 1 aromatic heterocycles. The Kier molecular flexibility index (Phi) is 4.78. The van der Waals surface area contributed by atoms with Crippen LogP contribution in [0.15, 0.2) is 47.1 Å². The van der Waals surface area contributed by atoms with Crippen molar-refractivity contribution in [2.75, 3.05) is 13.1 Å². The molecule has 1 atom stereocenters. The van der Waals surface area contributed by atoms with Crippen molar-refractivity contribution in [2.24, 2.45) is 0 Å². The molecule has 0 amide bonds. The molecule has 3 nitrogen and oxygen atoms in total. The van der Waals surface area contributed by atoms with E-state index in [1.165, 1.54) is 5.56 Å². The maximum absolute atomic E-state index is 6.14. The van der Waals surface area contributed by atoms with Crippen molar-refractivity contribution < 1.29 is 4.74 Å². The molecule has 2 heterocycles. The fourth-order valence-electron chi connectivity index (χ4n) is 2.53. The zero-order chi connectivity index (χ0) is 14.7. The van der Waals surface area contributed by atoms with Crippen molar-refractivity contribution in [3.05, 3.63) is 57.7 Å². The van der Waals surface area contributed by atoms with Gasteiger partial charge in [0.05, 0.1) is 0 Å². The number of pyridine rings is 1. The van der Waals surface area contributed by atoms with Gasteiger partial charge in [0.25, 0.3) is 0 Å². The van der Waals surface area contributed by atoms with Crippen molar-refractivity contribution in [3.8, 4) is 5.88 Å². The van der Waals surface area contributed by atoms with Gasteiger partial charge >= 0.3 is 0 Å². The largest absolute Gasteiger partial charge is 0.472 e. The van der Waals surface area contributed by atoms with Crippen LogP contribution >= 0.6 is 27.5 Å². The lowest BCUT2D eigenvalue weighted by Gasteiger charge is -2.17. The first-order valence-electron chi connectivity index (χ1n) is 6.95. The monoisotopic (exact) mass is 366 g/mol. The number of aromatic nitrogens is 1. The van der Waals surface area contributed by atoms with Gasteiger partial charge in [-0.2, -0.15) is 0 Å². The number of likely N-dealkylation sites (tertiary alicyclic amines) is 1. The normalized spacial score (nSPS) is 18.9. The molecule has 2 aromatic rings. The highest BCUT2D eigenvalue weighted by Crippen LogP contribution is 2.27. The summed E-state index contributed by atoms with van der Waals surface area (Å²) in [7, 11) is 0. The van der Waals surface area contributed by atoms with Crippen molar-refractivity contribution in [2.45, 2.75) is 19.1 Å². The molecule has 0 bridgehead atoms. The van der Waals surface area contributed by atoms with E-state index in [4.69, 9.17) is 16.3 Å². The summed E-state index contributed by atoms with van der Waals surface area (Å²) in [6.45, 7) is 2.90. The van der Waals surface area contributed by atoms with E-state index in [0.29, 0.717) is 10.9 Å². The molecule has 110 valence electrons. The molecule has 1 aromatic carbocycles. The van der Waals surface area contributed by atoms with E-state index in [-0.39, 0.29) is 6.10 Å². The van der Waals surface area contributed by atoms with Gasteiger partial charge in [0.1, 0.15) is 11.1 Å². The highest BCUT2D eigenvalue weighted by Gasteiger charge is 2.25. The Bertz CT molecular complexity index is 608. The minimum atomic E-state index is 0.153. The number of rotatable bonds is 4. The molecule has 0 saturated carbocycles. The average molecular weight is 368 g/mol. The molecule has 21 heavy (non-hydrogen) atoms. The summed E-state index contributed by atoms with van der Waals surface area (Å²) < 4.78 is 6.78. The maximum atomic E-state index is 6.14. The Balaban J connectivity index is 1.57. The van der Waals surface area contributed by atoms with Gasteiger partial charge in [-0.3, -0.25) is 4.90 Å². The Morgan fingerprint density at radius 2 is 2.14 bits per heavy atom. The van der Waals surface area contributed by atoms with E-state index in [9.17, 15) is 0 Å². The van der Waals surface area contributed by atoms with Crippen LogP contribution in [0.5, 0.6) is 5.88 Å². The van der Waals surface area contributed by atoms with E-state index in [2.05, 4.69) is 50.1 Å². The lowest BCUT2D eigenvalue weighted by Crippen LogP contribution is -2.24. The van der Waals surface area contributed by atoms with Crippen LogP contribution in [0.3, 0.4) is 0 Å². The lowest BCUT2D eigenvalue weighted by atomic mass is 10.2. The molecule has 1 fully saturated rings. The maximum Gasteiger partial charge on any atom is 0.232 e. The zero-order valence-corrected chi connectivity index (χ0v) is 13.8. The highest BCUT2D eigenvalue weighted by atomic mass is 79.9. The van der Waals surface area contributed by atoms with E-state index in [1.807, 2.05) is 6.07 Å². The standard InChI is InChI=1S/C16H16BrClN2O/c17-13-8-15(18)16(19-9-13)21-14-6-7-20(11-14)10-12-4-2-1-3-5-12/h1-5,8-9,14H,6-7,10-11H2. The Labute approximate surface area is 138 Å². The summed E-state index contributed by atoms with van der Waals surface area (Å²) in [5.74, 6) is 0.520. The first-order chi connectivity index (χ1) is 10.2. The number of benzene rings is 1. The zero-order valence-electron chi connectivity index (χ0n) is 11.5. The van der Waals surface area contributed by atoms with Crippen LogP contribution in [0.1, 0.15) is 12.0 Å². The van der Waals surface area contributed by atoms with Crippen LogP contribution < -0.4 is 4.74 Å². The third-order valence-electron chi connectivity index (χ3n) is 3.53. The van der Waals surface area contributed by atoms with Crippen molar-refractivity contribution in [1.82, 2.24) is 9.88 Å². The molecular weight excluding hydrogens is 352 g/mol. The SMILES string of the molecule is Clc1cc(Br)cnc1OC1CCN(Cc2ccccc2)C1. The van der Waals surface area contributed by atoms with Crippen molar-refractivity contribution >= 4 is 27.5 Å². The molecule has 0 spiro atoms. The first-order valence-corrected chi connectivity index (χ1v) is 8.12. The second-order valence-corrected chi connectivity index (χ2v) is 6.51. The van der Waals surface area contributed by atoms with Gasteiger partial charge in [-0.05, 0) is 34.0 Å². The fourth-order valence-corrected chi connectivity index (χ4v) is 3.20. The van der Waals surface area contributed by atoms with Crippen molar-refractivity contribution in [1.29, 1.82) is 0 Å². The van der Waals surface area contributed by atoms with Crippen LogP contribution in [-0.2, 0) is 6.54 Å². The predicted octanol–water partition coefficient (Wildman–Crippen LogP) is 4.15. The summed E-state index contributed by atoms with van der Waals surface area (Å²) in [5.41, 5.74) is 1.33. The van der Waals surface area contributed by atoms with Gasteiger partial charge < -0.3 is 4.74 Å². The summed E-state index contributed by atoms with van der Waals surface area (Å²) in [4.78, 5) is 6.63. The van der Waals surface area contributed by atoms with Gasteiger partial charge in [-0.1, -0.05) is 41.9 Å². The Morgan fingerprint density at radius 3 is 2.90 bits per heavy atom. The van der Waals surface area contributed by atoms with Gasteiger partial charge in [0.2, 0.25) is 5.88 Å². The average Bonchev–Trinajstić information content (AvgIpc) is 2.90. The summed E-state index contributed by atoms with van der Waals surface area (Å²) in [6.07, 6.45) is 2.86. The molecule has 0 radical (unpaired) electrons. The quantitative estimate of drug-likeness (QED) is 0.811. The van der Waals surface area contributed by atoms with Crippen LogP contribution in [0, 0.1) is 0 Å². The Hall–Kier alpha value is -1.10. The summed E-state index contributed by atoms with van der Waals surface area (Å²) in [6, 6.07) is 12.3. The molecular formula is C16H16BrClN2O. The van der Waals surface area contributed by atoms with Crippen LogP contribution in [0.4, 0.5) is 0 Å². The van der Waals surface area contributed by atoms with Crippen molar-refractivity contribution in [3.63, 3.8) is 0 Å². The second kappa shape index (κ2) is 6.77. The third-order valence-corrected chi connectivity index (χ3v) is 4.23. The molecule has 1 saturated heterocycles. The Morgan fingerprint density at radius 1 is 1.33 bits per heavy atom. The topological polar surface area (TPSA) is 25.4 Å². The van der Waals surface area contributed by atoms with Gasteiger partial charge in [0, 0.05) is 30.3 Å². The van der Waals surface area contributed by atoms with E-state index in [0.717, 1.165) is 30.5 Å².